The standard InChI is InChI=1S/C25H25NO8S/c1-4-32-17-9-7-16(8-10-17)26-24-22(25(30)33-5-2)23(29)20(35-24)13-15-6-11-18(19(12-15)31-3)34-14-21(27)28/h6-13,29H,4-5,14H2,1-3H3,(H,27,28)/b20-13-,26-24?. The fourth-order valence-electron chi connectivity index (χ4n) is 3.08. The predicted molar refractivity (Wildman–Crippen MR) is 133 cm³/mol. The topological polar surface area (TPSA) is 124 Å². The van der Waals surface area contributed by atoms with Crippen molar-refractivity contribution in [3.63, 3.8) is 0 Å². The van der Waals surface area contributed by atoms with Crippen LogP contribution in [0.5, 0.6) is 17.2 Å². The minimum Gasteiger partial charge on any atom is -0.506 e. The van der Waals surface area contributed by atoms with Crippen LogP contribution in [-0.4, -0.2) is 54.1 Å². The predicted octanol–water partition coefficient (Wildman–Crippen LogP) is 4.75. The third-order valence-electron chi connectivity index (χ3n) is 4.59. The van der Waals surface area contributed by atoms with Crippen LogP contribution in [0.25, 0.3) is 6.08 Å². The zero-order valence-corrected chi connectivity index (χ0v) is 20.3. The number of hydrogen-bond acceptors (Lipinski definition) is 9. The van der Waals surface area contributed by atoms with Gasteiger partial charge in [-0.3, -0.25) is 0 Å². The molecule has 9 nitrogen and oxygen atoms in total. The molecular formula is C25H25NO8S. The number of carbonyl (C=O) groups is 2. The Hall–Kier alpha value is -3.92. The number of carboxylic acid groups (broad SMARTS) is 1. The van der Waals surface area contributed by atoms with Crippen molar-refractivity contribution in [3.05, 3.63) is 64.3 Å². The van der Waals surface area contributed by atoms with E-state index in [2.05, 4.69) is 4.99 Å². The lowest BCUT2D eigenvalue weighted by Crippen LogP contribution is -2.12. The van der Waals surface area contributed by atoms with Gasteiger partial charge in [0.25, 0.3) is 0 Å². The SMILES string of the molecule is CCOC(=O)C1=C(O)/C(=C/c2ccc(OCC(=O)O)c(OC)c2)SC1=Nc1ccc(OCC)cc1. The number of hydrogen-bond donors (Lipinski definition) is 2. The Morgan fingerprint density at radius 3 is 2.40 bits per heavy atom. The van der Waals surface area contributed by atoms with E-state index in [-0.39, 0.29) is 23.7 Å². The van der Waals surface area contributed by atoms with Crippen molar-refractivity contribution in [2.24, 2.45) is 4.99 Å². The Labute approximate surface area is 206 Å². The van der Waals surface area contributed by atoms with Gasteiger partial charge in [-0.15, -0.1) is 0 Å². The lowest BCUT2D eigenvalue weighted by Gasteiger charge is -2.10. The summed E-state index contributed by atoms with van der Waals surface area (Å²) in [6.07, 6.45) is 1.66. The van der Waals surface area contributed by atoms with Crippen LogP contribution in [0.15, 0.2) is 63.7 Å². The van der Waals surface area contributed by atoms with Crippen molar-refractivity contribution >= 4 is 40.5 Å². The van der Waals surface area contributed by atoms with E-state index in [1.165, 1.54) is 7.11 Å². The molecule has 0 fully saturated rings. The maximum atomic E-state index is 12.6. The molecule has 0 unspecified atom stereocenters. The molecule has 0 saturated heterocycles. The van der Waals surface area contributed by atoms with Gasteiger partial charge in [0.05, 0.1) is 30.9 Å². The number of esters is 1. The summed E-state index contributed by atoms with van der Waals surface area (Å²) in [7, 11) is 1.43. The van der Waals surface area contributed by atoms with E-state index in [4.69, 9.17) is 24.1 Å². The Bertz CT molecular complexity index is 1180. The van der Waals surface area contributed by atoms with Gasteiger partial charge in [0.15, 0.2) is 18.1 Å². The van der Waals surface area contributed by atoms with Gasteiger partial charge in [-0.25, -0.2) is 14.6 Å². The number of carboxylic acids is 1. The van der Waals surface area contributed by atoms with Crippen LogP contribution in [0.3, 0.4) is 0 Å². The molecule has 2 N–H and O–H groups in total. The molecule has 2 aromatic rings. The Balaban J connectivity index is 1.95. The maximum absolute atomic E-state index is 12.6. The van der Waals surface area contributed by atoms with Crippen molar-refractivity contribution in [1.82, 2.24) is 0 Å². The molecule has 184 valence electrons. The number of nitrogens with zero attached hydrogens (tertiary/aromatic N) is 1. The molecule has 35 heavy (non-hydrogen) atoms. The summed E-state index contributed by atoms with van der Waals surface area (Å²) in [6.45, 7) is 3.74. The van der Waals surface area contributed by atoms with Crippen LogP contribution in [0.1, 0.15) is 19.4 Å². The first kappa shape index (κ1) is 25.7. The number of aliphatic hydroxyl groups excluding tert-OH is 1. The first-order valence-corrected chi connectivity index (χ1v) is 11.5. The van der Waals surface area contributed by atoms with Crippen LogP contribution < -0.4 is 14.2 Å². The van der Waals surface area contributed by atoms with Crippen LogP contribution in [0, 0.1) is 0 Å². The van der Waals surface area contributed by atoms with Gasteiger partial charge in [-0.2, -0.15) is 0 Å². The highest BCUT2D eigenvalue weighted by Gasteiger charge is 2.33. The lowest BCUT2D eigenvalue weighted by molar-refractivity contribution is -0.139. The first-order valence-electron chi connectivity index (χ1n) is 10.7. The quantitative estimate of drug-likeness (QED) is 0.446. The highest BCUT2D eigenvalue weighted by Crippen LogP contribution is 2.41. The molecule has 0 aliphatic carbocycles. The number of rotatable bonds is 10. The van der Waals surface area contributed by atoms with Crippen molar-refractivity contribution in [3.8, 4) is 17.2 Å². The van der Waals surface area contributed by atoms with E-state index in [0.717, 1.165) is 11.8 Å². The zero-order chi connectivity index (χ0) is 25.4. The summed E-state index contributed by atoms with van der Waals surface area (Å²) in [4.78, 5) is 28.3. The molecule has 0 atom stereocenters. The number of carbonyl (C=O) groups excluding carboxylic acids is 1. The molecule has 0 bridgehead atoms. The average molecular weight is 500 g/mol. The summed E-state index contributed by atoms with van der Waals surface area (Å²) in [5.74, 6) is -0.753. The van der Waals surface area contributed by atoms with Crippen LogP contribution in [0.2, 0.25) is 0 Å². The normalized spacial score (nSPS) is 15.4. The van der Waals surface area contributed by atoms with Crippen LogP contribution in [0.4, 0.5) is 5.69 Å². The Kier molecular flexibility index (Phi) is 8.80. The number of aliphatic imine (C=N–C) groups is 1. The van der Waals surface area contributed by atoms with Gasteiger partial charge < -0.3 is 29.2 Å². The molecule has 0 radical (unpaired) electrons. The van der Waals surface area contributed by atoms with E-state index in [1.54, 1.807) is 55.5 Å². The summed E-state index contributed by atoms with van der Waals surface area (Å²) < 4.78 is 21.1. The minimum absolute atomic E-state index is 0.0228. The Morgan fingerprint density at radius 1 is 1.03 bits per heavy atom. The summed E-state index contributed by atoms with van der Waals surface area (Å²) in [5, 5.41) is 20.0. The zero-order valence-electron chi connectivity index (χ0n) is 19.4. The molecule has 0 aromatic heterocycles. The molecule has 0 saturated carbocycles. The molecule has 10 heteroatoms. The van der Waals surface area contributed by atoms with Gasteiger partial charge in [0.1, 0.15) is 22.1 Å². The summed E-state index contributed by atoms with van der Waals surface area (Å²) in [5.41, 5.74) is 1.18. The molecule has 1 heterocycles. The number of benzene rings is 2. The van der Waals surface area contributed by atoms with Crippen molar-refractivity contribution in [2.75, 3.05) is 26.9 Å². The maximum Gasteiger partial charge on any atom is 0.344 e. The number of thioether (sulfide) groups is 1. The Morgan fingerprint density at radius 2 is 1.77 bits per heavy atom. The summed E-state index contributed by atoms with van der Waals surface area (Å²) in [6, 6.07) is 11.9. The highest BCUT2D eigenvalue weighted by molar-refractivity contribution is 8.18. The van der Waals surface area contributed by atoms with Gasteiger partial charge in [0, 0.05) is 0 Å². The van der Waals surface area contributed by atoms with Gasteiger partial charge in [-0.05, 0) is 61.9 Å². The van der Waals surface area contributed by atoms with Crippen molar-refractivity contribution in [1.29, 1.82) is 0 Å². The molecule has 1 aliphatic heterocycles. The fourth-order valence-corrected chi connectivity index (χ4v) is 4.11. The van der Waals surface area contributed by atoms with Gasteiger partial charge >= 0.3 is 11.9 Å². The van der Waals surface area contributed by atoms with Crippen molar-refractivity contribution in [2.45, 2.75) is 13.8 Å². The molecule has 0 amide bonds. The second-order valence-corrected chi connectivity index (χ2v) is 8.02. The smallest absolute Gasteiger partial charge is 0.344 e. The largest absolute Gasteiger partial charge is 0.506 e. The third-order valence-corrected chi connectivity index (χ3v) is 5.61. The van der Waals surface area contributed by atoms with E-state index < -0.39 is 18.5 Å². The number of aliphatic hydroxyl groups is 1. The monoisotopic (exact) mass is 499 g/mol. The average Bonchev–Trinajstić information content (AvgIpc) is 3.13. The number of ether oxygens (including phenoxy) is 4. The number of aliphatic carboxylic acids is 1. The van der Waals surface area contributed by atoms with Crippen molar-refractivity contribution < 1.29 is 38.7 Å². The number of methoxy groups -OCH3 is 1. The molecule has 3 rings (SSSR count). The van der Waals surface area contributed by atoms with E-state index in [0.29, 0.717) is 39.3 Å². The van der Waals surface area contributed by atoms with Crippen LogP contribution in [-0.2, 0) is 14.3 Å². The van der Waals surface area contributed by atoms with Crippen LogP contribution >= 0.6 is 11.8 Å². The first-order chi connectivity index (χ1) is 16.9. The summed E-state index contributed by atoms with van der Waals surface area (Å²) >= 11 is 1.12. The molecule has 0 spiro atoms. The fraction of sp³-hybridized carbons (Fsp3) is 0.240. The second kappa shape index (κ2) is 12.0. The van der Waals surface area contributed by atoms with Gasteiger partial charge in [-0.1, -0.05) is 17.8 Å². The molecule has 2 aromatic carbocycles. The lowest BCUT2D eigenvalue weighted by atomic mass is 10.1. The van der Waals surface area contributed by atoms with E-state index >= 15 is 0 Å². The third kappa shape index (κ3) is 6.57. The second-order valence-electron chi connectivity index (χ2n) is 6.99. The highest BCUT2D eigenvalue weighted by atomic mass is 32.2. The minimum atomic E-state index is -1.11. The van der Waals surface area contributed by atoms with E-state index in [9.17, 15) is 14.7 Å². The van der Waals surface area contributed by atoms with Gasteiger partial charge in [0.2, 0.25) is 0 Å². The molecular weight excluding hydrogens is 474 g/mol. The molecule has 1 aliphatic rings. The van der Waals surface area contributed by atoms with E-state index in [1.807, 2.05) is 6.92 Å².